The average molecular weight is 165 g/mol. The van der Waals surface area contributed by atoms with E-state index in [4.69, 9.17) is 11.5 Å². The van der Waals surface area contributed by atoms with Crippen molar-refractivity contribution in [2.24, 2.45) is 17.4 Å². The van der Waals surface area contributed by atoms with Crippen LogP contribution in [0.15, 0.2) is 0 Å². The van der Waals surface area contributed by atoms with Gasteiger partial charge in [-0.2, -0.15) is 0 Å². The standard InChI is InChI=1S/C6H12N2O.ClH/c1-2-4-3-6(4,8)5(7)9;/h4H,2-3,8H2,1H3,(H2,7,9);1H/t4-,6-;/m1./s1. The van der Waals surface area contributed by atoms with Crippen LogP contribution in [-0.4, -0.2) is 11.4 Å². The molecule has 10 heavy (non-hydrogen) atoms. The first-order valence-electron chi connectivity index (χ1n) is 3.20. The van der Waals surface area contributed by atoms with E-state index in [9.17, 15) is 4.79 Å². The Balaban J connectivity index is 0.000000810. The van der Waals surface area contributed by atoms with Gasteiger partial charge in [-0.05, 0) is 12.3 Å². The Kier molecular flexibility index (Phi) is 2.68. The van der Waals surface area contributed by atoms with E-state index in [0.29, 0.717) is 5.92 Å². The Morgan fingerprint density at radius 3 is 2.40 bits per heavy atom. The molecule has 1 fully saturated rings. The van der Waals surface area contributed by atoms with Gasteiger partial charge in [-0.15, -0.1) is 12.4 Å². The van der Waals surface area contributed by atoms with Crippen LogP contribution < -0.4 is 11.5 Å². The summed E-state index contributed by atoms with van der Waals surface area (Å²) in [4.78, 5) is 10.5. The third-order valence-corrected chi connectivity index (χ3v) is 2.10. The second-order valence-corrected chi connectivity index (χ2v) is 2.71. The lowest BCUT2D eigenvalue weighted by Crippen LogP contribution is -2.40. The van der Waals surface area contributed by atoms with Crippen molar-refractivity contribution in [1.29, 1.82) is 0 Å². The Labute approximate surface area is 66.6 Å². The van der Waals surface area contributed by atoms with Gasteiger partial charge in [0.05, 0.1) is 5.54 Å². The highest BCUT2D eigenvalue weighted by molar-refractivity contribution is 5.88. The molecule has 1 rings (SSSR count). The molecule has 0 bridgehead atoms. The molecule has 0 aliphatic heterocycles. The summed E-state index contributed by atoms with van der Waals surface area (Å²) in [6, 6.07) is 0. The van der Waals surface area contributed by atoms with Crippen molar-refractivity contribution in [1.82, 2.24) is 0 Å². The SMILES string of the molecule is CC[C@@H]1C[C@]1(N)C(N)=O.Cl. The molecule has 1 saturated carbocycles. The van der Waals surface area contributed by atoms with Crippen LogP contribution in [0.25, 0.3) is 0 Å². The summed E-state index contributed by atoms with van der Waals surface area (Å²) in [6.07, 6.45) is 1.73. The molecule has 4 N–H and O–H groups in total. The zero-order valence-electron chi connectivity index (χ0n) is 5.96. The van der Waals surface area contributed by atoms with Gasteiger partial charge in [-0.25, -0.2) is 0 Å². The van der Waals surface area contributed by atoms with Crippen LogP contribution in [-0.2, 0) is 4.79 Å². The van der Waals surface area contributed by atoms with Gasteiger partial charge in [-0.1, -0.05) is 13.3 Å². The van der Waals surface area contributed by atoms with Crippen LogP contribution >= 0.6 is 12.4 Å². The summed E-state index contributed by atoms with van der Waals surface area (Å²) in [6.45, 7) is 2.02. The van der Waals surface area contributed by atoms with Crippen LogP contribution in [0.5, 0.6) is 0 Å². The van der Waals surface area contributed by atoms with Crippen LogP contribution in [0.3, 0.4) is 0 Å². The number of hydrogen-bond acceptors (Lipinski definition) is 2. The minimum atomic E-state index is -0.644. The summed E-state index contributed by atoms with van der Waals surface area (Å²) in [5.74, 6) is -0.00986. The Morgan fingerprint density at radius 1 is 1.80 bits per heavy atom. The molecule has 60 valence electrons. The van der Waals surface area contributed by atoms with Gasteiger partial charge in [0.1, 0.15) is 0 Å². The topological polar surface area (TPSA) is 69.1 Å². The van der Waals surface area contributed by atoms with Crippen LogP contribution in [0.4, 0.5) is 0 Å². The highest BCUT2D eigenvalue weighted by atomic mass is 35.5. The first kappa shape index (κ1) is 9.72. The van der Waals surface area contributed by atoms with E-state index in [2.05, 4.69) is 0 Å². The minimum Gasteiger partial charge on any atom is -0.368 e. The predicted octanol–water partition coefficient (Wildman–Crippen LogP) is 0.0209. The molecule has 0 aromatic heterocycles. The molecule has 1 amide bonds. The zero-order chi connectivity index (χ0) is 7.07. The fraction of sp³-hybridized carbons (Fsp3) is 0.833. The van der Waals surface area contributed by atoms with E-state index in [0.717, 1.165) is 12.8 Å². The molecule has 4 heteroatoms. The Morgan fingerprint density at radius 2 is 2.30 bits per heavy atom. The molecule has 1 aliphatic rings. The number of nitrogens with two attached hydrogens (primary N) is 2. The van der Waals surface area contributed by atoms with E-state index in [1.807, 2.05) is 6.92 Å². The number of carbonyl (C=O) groups excluding carboxylic acids is 1. The van der Waals surface area contributed by atoms with Gasteiger partial charge in [0.15, 0.2) is 0 Å². The van der Waals surface area contributed by atoms with Gasteiger partial charge in [-0.3, -0.25) is 4.79 Å². The highest BCUT2D eigenvalue weighted by Crippen LogP contribution is 2.42. The largest absolute Gasteiger partial charge is 0.368 e. The number of halogens is 1. The fourth-order valence-electron chi connectivity index (χ4n) is 1.16. The Hall–Kier alpha value is -0.280. The minimum absolute atomic E-state index is 0. The predicted molar refractivity (Wildman–Crippen MR) is 41.8 cm³/mol. The van der Waals surface area contributed by atoms with Gasteiger partial charge < -0.3 is 11.5 Å². The van der Waals surface area contributed by atoms with Crippen LogP contribution in [0, 0.1) is 5.92 Å². The lowest BCUT2D eigenvalue weighted by atomic mass is 10.2. The molecule has 0 heterocycles. The Bertz CT molecular complexity index is 151. The number of primary amides is 1. The van der Waals surface area contributed by atoms with Crippen molar-refractivity contribution in [2.75, 3.05) is 0 Å². The molecular weight excluding hydrogens is 152 g/mol. The van der Waals surface area contributed by atoms with E-state index in [1.165, 1.54) is 0 Å². The highest BCUT2D eigenvalue weighted by Gasteiger charge is 2.54. The van der Waals surface area contributed by atoms with Gasteiger partial charge in [0, 0.05) is 0 Å². The first-order valence-corrected chi connectivity index (χ1v) is 3.20. The van der Waals surface area contributed by atoms with Gasteiger partial charge >= 0.3 is 0 Å². The summed E-state index contributed by atoms with van der Waals surface area (Å²) in [5, 5.41) is 0. The number of carbonyl (C=O) groups is 1. The number of rotatable bonds is 2. The maximum absolute atomic E-state index is 10.5. The second-order valence-electron chi connectivity index (χ2n) is 2.71. The molecule has 1 aliphatic carbocycles. The van der Waals surface area contributed by atoms with Crippen molar-refractivity contribution in [3.05, 3.63) is 0 Å². The third kappa shape index (κ3) is 1.25. The fourth-order valence-corrected chi connectivity index (χ4v) is 1.16. The van der Waals surface area contributed by atoms with Crippen molar-refractivity contribution in [2.45, 2.75) is 25.3 Å². The van der Waals surface area contributed by atoms with E-state index >= 15 is 0 Å². The van der Waals surface area contributed by atoms with Gasteiger partial charge in [0.2, 0.25) is 5.91 Å². The van der Waals surface area contributed by atoms with E-state index < -0.39 is 5.54 Å². The molecule has 2 atom stereocenters. The smallest absolute Gasteiger partial charge is 0.237 e. The lowest BCUT2D eigenvalue weighted by molar-refractivity contribution is -0.120. The summed E-state index contributed by atoms with van der Waals surface area (Å²) < 4.78 is 0. The normalized spacial score (nSPS) is 36.4. The molecule has 3 nitrogen and oxygen atoms in total. The molecule has 0 saturated heterocycles. The number of amides is 1. The molecule has 0 unspecified atom stereocenters. The molecule has 0 spiro atoms. The van der Waals surface area contributed by atoms with Crippen molar-refractivity contribution in [3.63, 3.8) is 0 Å². The lowest BCUT2D eigenvalue weighted by Gasteiger charge is -2.02. The van der Waals surface area contributed by atoms with Crippen molar-refractivity contribution < 1.29 is 4.79 Å². The molecular formula is C6H13ClN2O. The van der Waals surface area contributed by atoms with Crippen LogP contribution in [0.2, 0.25) is 0 Å². The summed E-state index contributed by atoms with van der Waals surface area (Å²) in [7, 11) is 0. The van der Waals surface area contributed by atoms with E-state index in [1.54, 1.807) is 0 Å². The van der Waals surface area contributed by atoms with Gasteiger partial charge in [0.25, 0.3) is 0 Å². The first-order chi connectivity index (χ1) is 4.11. The zero-order valence-corrected chi connectivity index (χ0v) is 6.78. The van der Waals surface area contributed by atoms with Crippen molar-refractivity contribution in [3.8, 4) is 0 Å². The van der Waals surface area contributed by atoms with Crippen LogP contribution in [0.1, 0.15) is 19.8 Å². The number of hydrogen-bond donors (Lipinski definition) is 2. The van der Waals surface area contributed by atoms with E-state index in [-0.39, 0.29) is 18.3 Å². The average Bonchev–Trinajstić information content (AvgIpc) is 2.44. The maximum atomic E-state index is 10.5. The summed E-state index contributed by atoms with van der Waals surface area (Å²) in [5.41, 5.74) is 9.96. The quantitative estimate of drug-likeness (QED) is 0.604. The summed E-state index contributed by atoms with van der Waals surface area (Å²) >= 11 is 0. The maximum Gasteiger partial charge on any atom is 0.237 e. The molecule has 0 aromatic carbocycles. The van der Waals surface area contributed by atoms with Crippen molar-refractivity contribution >= 4 is 18.3 Å². The molecule has 0 aromatic rings. The second kappa shape index (κ2) is 2.76. The monoisotopic (exact) mass is 164 g/mol. The third-order valence-electron chi connectivity index (χ3n) is 2.10. The molecule has 0 radical (unpaired) electrons.